The first-order chi connectivity index (χ1) is 13.2. The van der Waals surface area contributed by atoms with Crippen LogP contribution < -0.4 is 10.1 Å². The second-order valence-corrected chi connectivity index (χ2v) is 7.26. The molecule has 0 unspecified atom stereocenters. The Kier molecular flexibility index (Phi) is 6.00. The van der Waals surface area contributed by atoms with Gasteiger partial charge < -0.3 is 19.9 Å². The van der Waals surface area contributed by atoms with Crippen molar-refractivity contribution in [3.05, 3.63) is 29.8 Å². The molecule has 1 aromatic rings. The summed E-state index contributed by atoms with van der Waals surface area (Å²) in [4.78, 5) is 28.1. The monoisotopic (exact) mass is 399 g/mol. The molecule has 6 nitrogen and oxygen atoms in total. The second-order valence-electron chi connectivity index (χ2n) is 7.26. The topological polar surface area (TPSA) is 61.9 Å². The number of fused-ring (bicyclic) bond motifs is 1. The maximum Gasteiger partial charge on any atom is 0.422 e. The molecule has 28 heavy (non-hydrogen) atoms. The van der Waals surface area contributed by atoms with Gasteiger partial charge in [0, 0.05) is 26.7 Å². The number of likely N-dealkylation sites (tertiary alicyclic amines) is 2. The molecule has 2 fully saturated rings. The van der Waals surface area contributed by atoms with Gasteiger partial charge in [-0.1, -0.05) is 12.1 Å². The highest BCUT2D eigenvalue weighted by atomic mass is 19.4. The van der Waals surface area contributed by atoms with Crippen molar-refractivity contribution in [3.63, 3.8) is 0 Å². The number of benzene rings is 1. The van der Waals surface area contributed by atoms with E-state index in [1.807, 2.05) is 0 Å². The normalized spacial score (nSPS) is 22.2. The summed E-state index contributed by atoms with van der Waals surface area (Å²) in [6, 6.07) is 6.11. The fourth-order valence-electron chi connectivity index (χ4n) is 3.85. The number of hydrogen-bond donors (Lipinski definition) is 1. The molecule has 0 radical (unpaired) electrons. The molecule has 1 N–H and O–H groups in total. The van der Waals surface area contributed by atoms with E-state index < -0.39 is 12.8 Å². The van der Waals surface area contributed by atoms with Crippen LogP contribution in [0.1, 0.15) is 18.4 Å². The third-order valence-electron chi connectivity index (χ3n) is 5.18. The van der Waals surface area contributed by atoms with E-state index in [1.54, 1.807) is 35.0 Å². The van der Waals surface area contributed by atoms with Crippen LogP contribution >= 0.6 is 0 Å². The predicted molar refractivity (Wildman–Crippen MR) is 95.9 cm³/mol. The minimum atomic E-state index is -4.38. The van der Waals surface area contributed by atoms with Crippen LogP contribution in [0.3, 0.4) is 0 Å². The Morgan fingerprint density at radius 3 is 2.89 bits per heavy atom. The molecule has 3 rings (SSSR count). The summed E-state index contributed by atoms with van der Waals surface area (Å²) in [5.41, 5.74) is 0.771. The van der Waals surface area contributed by atoms with E-state index in [9.17, 15) is 22.8 Å². The largest absolute Gasteiger partial charge is 0.484 e. The Bertz CT molecular complexity index is 726. The van der Waals surface area contributed by atoms with Crippen molar-refractivity contribution < 1.29 is 27.5 Å². The van der Waals surface area contributed by atoms with E-state index in [0.29, 0.717) is 26.1 Å². The van der Waals surface area contributed by atoms with Crippen molar-refractivity contribution in [2.75, 3.05) is 33.3 Å². The molecule has 2 aliphatic rings. The van der Waals surface area contributed by atoms with Gasteiger partial charge in [-0.05, 0) is 37.0 Å². The number of likely N-dealkylation sites (N-methyl/N-ethyl adjacent to an activating group) is 1. The SMILES string of the molecule is CN1C[C@@H]2[C@@H](CCCN2C(=O)NCCc2cccc(OCC(F)(F)F)c2)C1=O. The van der Waals surface area contributed by atoms with Crippen LogP contribution in [-0.4, -0.2) is 67.2 Å². The van der Waals surface area contributed by atoms with Gasteiger partial charge in [-0.3, -0.25) is 4.79 Å². The van der Waals surface area contributed by atoms with Crippen molar-refractivity contribution in [1.82, 2.24) is 15.1 Å². The van der Waals surface area contributed by atoms with Crippen LogP contribution in [0.25, 0.3) is 0 Å². The van der Waals surface area contributed by atoms with Crippen LogP contribution in [0.5, 0.6) is 5.75 Å². The molecule has 154 valence electrons. The molecule has 9 heteroatoms. The van der Waals surface area contributed by atoms with Gasteiger partial charge >= 0.3 is 12.2 Å². The molecule has 0 aliphatic carbocycles. The summed E-state index contributed by atoms with van der Waals surface area (Å²) in [5.74, 6) is 0.123. The first kappa shape index (κ1) is 20.3. The van der Waals surface area contributed by atoms with E-state index in [0.717, 1.165) is 18.4 Å². The fraction of sp³-hybridized carbons (Fsp3) is 0.579. The lowest BCUT2D eigenvalue weighted by molar-refractivity contribution is -0.153. The van der Waals surface area contributed by atoms with Gasteiger partial charge in [-0.25, -0.2) is 4.79 Å². The number of alkyl halides is 3. The average Bonchev–Trinajstić information content (AvgIpc) is 2.94. The zero-order valence-corrected chi connectivity index (χ0v) is 15.7. The number of carbonyl (C=O) groups excluding carboxylic acids is 2. The standard InChI is InChI=1S/C19H24F3N3O3/c1-24-11-16-15(17(24)26)6-3-9-25(16)18(27)23-8-7-13-4-2-5-14(10-13)28-12-19(20,21)22/h2,4-5,10,15-16H,3,6-9,11-12H2,1H3,(H,23,27)/t15-,16-/m1/s1. The molecule has 1 aromatic carbocycles. The maximum atomic E-state index is 12.6. The van der Waals surface area contributed by atoms with Crippen LogP contribution in [0.4, 0.5) is 18.0 Å². The number of ether oxygens (including phenoxy) is 1. The molecular formula is C19H24F3N3O3. The number of amides is 3. The van der Waals surface area contributed by atoms with Gasteiger partial charge in [-0.2, -0.15) is 13.2 Å². The first-order valence-electron chi connectivity index (χ1n) is 9.32. The number of piperidine rings is 1. The zero-order chi connectivity index (χ0) is 20.3. The summed E-state index contributed by atoms with van der Waals surface area (Å²) < 4.78 is 41.5. The summed E-state index contributed by atoms with van der Waals surface area (Å²) in [6.45, 7) is 0.182. The third kappa shape index (κ3) is 4.88. The van der Waals surface area contributed by atoms with Crippen molar-refractivity contribution in [2.24, 2.45) is 5.92 Å². The molecule has 0 saturated carbocycles. The fourth-order valence-corrected chi connectivity index (χ4v) is 3.85. The van der Waals surface area contributed by atoms with Gasteiger partial charge in [0.2, 0.25) is 5.91 Å². The lowest BCUT2D eigenvalue weighted by atomic mass is 9.92. The van der Waals surface area contributed by atoms with Crippen LogP contribution in [0.15, 0.2) is 24.3 Å². The molecule has 2 aliphatic heterocycles. The van der Waals surface area contributed by atoms with Crippen molar-refractivity contribution >= 4 is 11.9 Å². The van der Waals surface area contributed by atoms with E-state index >= 15 is 0 Å². The smallest absolute Gasteiger partial charge is 0.422 e. The zero-order valence-electron chi connectivity index (χ0n) is 15.7. The molecular weight excluding hydrogens is 375 g/mol. The molecule has 0 aromatic heterocycles. The molecule has 2 saturated heterocycles. The van der Waals surface area contributed by atoms with E-state index in [-0.39, 0.29) is 29.6 Å². The average molecular weight is 399 g/mol. The highest BCUT2D eigenvalue weighted by Gasteiger charge is 2.45. The molecule has 2 atom stereocenters. The van der Waals surface area contributed by atoms with Gasteiger partial charge in [0.05, 0.1) is 12.0 Å². The number of carbonyl (C=O) groups is 2. The number of hydrogen-bond acceptors (Lipinski definition) is 3. The van der Waals surface area contributed by atoms with Crippen molar-refractivity contribution in [1.29, 1.82) is 0 Å². The van der Waals surface area contributed by atoms with Crippen molar-refractivity contribution in [3.8, 4) is 5.75 Å². The molecule has 2 heterocycles. The second kappa shape index (κ2) is 8.28. The summed E-state index contributed by atoms with van der Waals surface area (Å²) in [7, 11) is 1.75. The van der Waals surface area contributed by atoms with E-state index in [4.69, 9.17) is 4.74 Å². The number of rotatable bonds is 5. The number of nitrogens with one attached hydrogen (secondary N) is 1. The summed E-state index contributed by atoms with van der Waals surface area (Å²) in [6.07, 6.45) is -2.31. The van der Waals surface area contributed by atoms with Gasteiger partial charge in [0.25, 0.3) is 0 Å². The van der Waals surface area contributed by atoms with Crippen molar-refractivity contribution in [2.45, 2.75) is 31.5 Å². The highest BCUT2D eigenvalue weighted by molar-refractivity contribution is 5.84. The first-order valence-corrected chi connectivity index (χ1v) is 9.32. The maximum absolute atomic E-state index is 12.6. The minimum Gasteiger partial charge on any atom is -0.484 e. The summed E-state index contributed by atoms with van der Waals surface area (Å²) in [5, 5.41) is 2.86. The lowest BCUT2D eigenvalue weighted by Crippen LogP contribution is -2.52. The van der Waals surface area contributed by atoms with Crippen LogP contribution in [-0.2, 0) is 11.2 Å². The third-order valence-corrected chi connectivity index (χ3v) is 5.18. The Morgan fingerprint density at radius 1 is 1.36 bits per heavy atom. The highest BCUT2D eigenvalue weighted by Crippen LogP contribution is 2.30. The Hall–Kier alpha value is -2.45. The summed E-state index contributed by atoms with van der Waals surface area (Å²) >= 11 is 0. The molecule has 0 spiro atoms. The quantitative estimate of drug-likeness (QED) is 0.827. The van der Waals surface area contributed by atoms with Gasteiger partial charge in [0.1, 0.15) is 5.75 Å². The number of urea groups is 1. The predicted octanol–water partition coefficient (Wildman–Crippen LogP) is 2.43. The van der Waals surface area contributed by atoms with E-state index in [2.05, 4.69) is 5.32 Å². The van der Waals surface area contributed by atoms with E-state index in [1.165, 1.54) is 6.07 Å². The Morgan fingerprint density at radius 2 is 2.14 bits per heavy atom. The van der Waals surface area contributed by atoms with Gasteiger partial charge in [0.15, 0.2) is 6.61 Å². The molecule has 0 bridgehead atoms. The number of halogens is 3. The van der Waals surface area contributed by atoms with Crippen LogP contribution in [0.2, 0.25) is 0 Å². The van der Waals surface area contributed by atoms with Gasteiger partial charge in [-0.15, -0.1) is 0 Å². The molecule has 3 amide bonds. The Labute approximate surface area is 161 Å². The Balaban J connectivity index is 1.50. The minimum absolute atomic E-state index is 0.0923. The number of nitrogens with zero attached hydrogens (tertiary/aromatic N) is 2. The van der Waals surface area contributed by atoms with Crippen LogP contribution in [0, 0.1) is 5.92 Å². The lowest BCUT2D eigenvalue weighted by Gasteiger charge is -2.35.